The van der Waals surface area contributed by atoms with E-state index in [1.807, 2.05) is 0 Å². The van der Waals surface area contributed by atoms with E-state index in [2.05, 4.69) is 17.6 Å². The highest BCUT2D eigenvalue weighted by atomic mass is 16.4. The highest BCUT2D eigenvalue weighted by Gasteiger charge is 2.21. The minimum absolute atomic E-state index is 0.177. The van der Waals surface area contributed by atoms with Crippen molar-refractivity contribution in [2.24, 2.45) is 5.92 Å². The Morgan fingerprint density at radius 1 is 1.25 bits per heavy atom. The molecule has 2 atom stereocenters. The summed E-state index contributed by atoms with van der Waals surface area (Å²) in [5, 5.41) is 13.6. The molecule has 1 rings (SSSR count). The summed E-state index contributed by atoms with van der Waals surface area (Å²) < 4.78 is 0. The number of urea groups is 1. The van der Waals surface area contributed by atoms with Crippen LogP contribution in [-0.2, 0) is 4.79 Å². The van der Waals surface area contributed by atoms with Crippen LogP contribution in [0, 0.1) is 5.92 Å². The summed E-state index contributed by atoms with van der Waals surface area (Å²) in [6.07, 6.45) is 5.69. The third-order valence-corrected chi connectivity index (χ3v) is 3.08. The summed E-state index contributed by atoms with van der Waals surface area (Å²) in [5.74, 6) is -0.554. The van der Waals surface area contributed by atoms with Crippen molar-refractivity contribution in [3.8, 4) is 0 Å². The Morgan fingerprint density at radius 3 is 2.62 bits per heavy atom. The molecule has 1 aliphatic carbocycles. The van der Waals surface area contributed by atoms with Gasteiger partial charge in [-0.3, -0.25) is 4.79 Å². The van der Waals surface area contributed by atoms with Gasteiger partial charge in [0.15, 0.2) is 0 Å². The molecule has 0 aliphatic heterocycles. The van der Waals surface area contributed by atoms with Gasteiger partial charge in [-0.05, 0) is 18.8 Å². The molecule has 0 saturated heterocycles. The van der Waals surface area contributed by atoms with Gasteiger partial charge in [0.25, 0.3) is 0 Å². The second-order valence-electron chi connectivity index (χ2n) is 4.44. The largest absolute Gasteiger partial charge is 0.480 e. The molecule has 1 fully saturated rings. The average Bonchev–Trinajstić information content (AvgIpc) is 2.42. The molecular weight excluding hydrogens is 208 g/mol. The number of hydrogen-bond donors (Lipinski definition) is 3. The van der Waals surface area contributed by atoms with Crippen LogP contribution in [-0.4, -0.2) is 29.7 Å². The van der Waals surface area contributed by atoms with Gasteiger partial charge in [-0.25, -0.2) is 4.79 Å². The lowest BCUT2D eigenvalue weighted by atomic mass is 9.97. The van der Waals surface area contributed by atoms with Crippen LogP contribution >= 0.6 is 0 Å². The monoisotopic (exact) mass is 228 g/mol. The first kappa shape index (κ1) is 12.8. The number of carbonyl (C=O) groups is 2. The molecule has 16 heavy (non-hydrogen) atoms. The highest BCUT2D eigenvalue weighted by Crippen LogP contribution is 2.22. The molecule has 5 heteroatoms. The van der Waals surface area contributed by atoms with Crippen molar-refractivity contribution in [3.63, 3.8) is 0 Å². The lowest BCUT2D eigenvalue weighted by Crippen LogP contribution is -2.46. The van der Waals surface area contributed by atoms with Crippen LogP contribution in [0.4, 0.5) is 4.79 Å². The Kier molecular flexibility index (Phi) is 5.08. The van der Waals surface area contributed by atoms with E-state index < -0.39 is 5.97 Å². The maximum atomic E-state index is 11.4. The Bertz CT molecular complexity index is 256. The number of aliphatic carboxylic acids is 1. The van der Waals surface area contributed by atoms with Gasteiger partial charge in [-0.2, -0.15) is 0 Å². The maximum Gasteiger partial charge on any atom is 0.323 e. The van der Waals surface area contributed by atoms with E-state index in [4.69, 9.17) is 5.11 Å². The van der Waals surface area contributed by atoms with Crippen LogP contribution in [0.15, 0.2) is 0 Å². The molecule has 0 aromatic rings. The molecule has 1 aliphatic rings. The van der Waals surface area contributed by atoms with Gasteiger partial charge in [-0.1, -0.05) is 26.2 Å². The average molecular weight is 228 g/mol. The number of nitrogens with one attached hydrogen (secondary N) is 2. The molecule has 3 N–H and O–H groups in total. The second kappa shape index (κ2) is 6.35. The molecule has 2 amide bonds. The minimum atomic E-state index is -1.02. The molecule has 0 aromatic heterocycles. The molecule has 0 bridgehead atoms. The fourth-order valence-electron chi connectivity index (χ4n) is 2.08. The van der Waals surface area contributed by atoms with Gasteiger partial charge in [0, 0.05) is 6.04 Å². The van der Waals surface area contributed by atoms with E-state index >= 15 is 0 Å². The van der Waals surface area contributed by atoms with Crippen molar-refractivity contribution in [1.82, 2.24) is 10.6 Å². The van der Waals surface area contributed by atoms with Crippen molar-refractivity contribution in [3.05, 3.63) is 0 Å². The minimum Gasteiger partial charge on any atom is -0.480 e. The third kappa shape index (κ3) is 4.51. The van der Waals surface area contributed by atoms with Crippen LogP contribution in [0.5, 0.6) is 0 Å². The number of carbonyl (C=O) groups excluding carboxylic acids is 1. The molecule has 0 spiro atoms. The molecule has 0 heterocycles. The lowest BCUT2D eigenvalue weighted by Gasteiger charge is -2.22. The van der Waals surface area contributed by atoms with E-state index in [0.717, 1.165) is 19.3 Å². The molecule has 0 aromatic carbocycles. The standard InChI is InChI=1S/C11H20N2O3/c1-8-5-3-2-4-6-9(8)13-11(16)12-7-10(14)15/h8-9H,2-7H2,1H3,(H,14,15)(H2,12,13,16). The van der Waals surface area contributed by atoms with E-state index in [0.29, 0.717) is 5.92 Å². The second-order valence-corrected chi connectivity index (χ2v) is 4.44. The molecule has 92 valence electrons. The first-order valence-corrected chi connectivity index (χ1v) is 5.85. The first-order chi connectivity index (χ1) is 7.59. The number of amides is 2. The number of hydrogen-bond acceptors (Lipinski definition) is 2. The van der Waals surface area contributed by atoms with Crippen molar-refractivity contribution < 1.29 is 14.7 Å². The summed E-state index contributed by atoms with van der Waals surface area (Å²) in [4.78, 5) is 21.7. The molecule has 1 saturated carbocycles. The fourth-order valence-corrected chi connectivity index (χ4v) is 2.08. The van der Waals surface area contributed by atoms with Crippen molar-refractivity contribution in [2.75, 3.05) is 6.54 Å². The topological polar surface area (TPSA) is 78.4 Å². The van der Waals surface area contributed by atoms with Gasteiger partial charge in [-0.15, -0.1) is 0 Å². The highest BCUT2D eigenvalue weighted by molar-refractivity contribution is 5.79. The van der Waals surface area contributed by atoms with E-state index in [9.17, 15) is 9.59 Å². The molecule has 0 radical (unpaired) electrons. The van der Waals surface area contributed by atoms with Crippen LogP contribution in [0.1, 0.15) is 39.0 Å². The van der Waals surface area contributed by atoms with Crippen LogP contribution in [0.25, 0.3) is 0 Å². The number of carboxylic acid groups (broad SMARTS) is 1. The predicted molar refractivity (Wildman–Crippen MR) is 60.2 cm³/mol. The van der Waals surface area contributed by atoms with Gasteiger partial charge in [0.1, 0.15) is 6.54 Å². The van der Waals surface area contributed by atoms with Crippen LogP contribution in [0.2, 0.25) is 0 Å². The van der Waals surface area contributed by atoms with Crippen LogP contribution < -0.4 is 10.6 Å². The summed E-state index contributed by atoms with van der Waals surface area (Å²) in [7, 11) is 0. The summed E-state index contributed by atoms with van der Waals surface area (Å²) >= 11 is 0. The van der Waals surface area contributed by atoms with Gasteiger partial charge >= 0.3 is 12.0 Å². The Labute approximate surface area is 95.6 Å². The maximum absolute atomic E-state index is 11.4. The lowest BCUT2D eigenvalue weighted by molar-refractivity contribution is -0.135. The van der Waals surface area contributed by atoms with Crippen LogP contribution in [0.3, 0.4) is 0 Å². The molecular formula is C11H20N2O3. The normalized spacial score (nSPS) is 25.6. The third-order valence-electron chi connectivity index (χ3n) is 3.08. The Hall–Kier alpha value is -1.26. The van der Waals surface area contributed by atoms with Gasteiger partial charge in [0.2, 0.25) is 0 Å². The zero-order valence-corrected chi connectivity index (χ0v) is 9.66. The van der Waals surface area contributed by atoms with Crippen molar-refractivity contribution >= 4 is 12.0 Å². The summed E-state index contributed by atoms with van der Waals surface area (Å²) in [6, 6.07) is -0.197. The number of carboxylic acids is 1. The predicted octanol–water partition coefficient (Wildman–Crippen LogP) is 1.34. The van der Waals surface area contributed by atoms with E-state index in [-0.39, 0.29) is 18.6 Å². The quantitative estimate of drug-likeness (QED) is 0.638. The smallest absolute Gasteiger partial charge is 0.323 e. The Morgan fingerprint density at radius 2 is 1.94 bits per heavy atom. The van der Waals surface area contributed by atoms with Crippen molar-refractivity contribution in [1.29, 1.82) is 0 Å². The first-order valence-electron chi connectivity index (χ1n) is 5.85. The molecule has 5 nitrogen and oxygen atoms in total. The summed E-state index contributed by atoms with van der Waals surface area (Å²) in [6.45, 7) is 1.81. The number of rotatable bonds is 3. The van der Waals surface area contributed by atoms with Gasteiger partial charge in [0.05, 0.1) is 0 Å². The van der Waals surface area contributed by atoms with Crippen molar-refractivity contribution in [2.45, 2.75) is 45.1 Å². The zero-order valence-electron chi connectivity index (χ0n) is 9.66. The Balaban J connectivity index is 2.33. The SMILES string of the molecule is CC1CCCCCC1NC(=O)NCC(=O)O. The fraction of sp³-hybridized carbons (Fsp3) is 0.818. The zero-order chi connectivity index (χ0) is 12.0. The van der Waals surface area contributed by atoms with E-state index in [1.54, 1.807) is 0 Å². The van der Waals surface area contributed by atoms with E-state index in [1.165, 1.54) is 12.8 Å². The molecule has 2 unspecified atom stereocenters. The summed E-state index contributed by atoms with van der Waals surface area (Å²) in [5.41, 5.74) is 0. The van der Waals surface area contributed by atoms with Gasteiger partial charge < -0.3 is 15.7 Å².